The molecule has 90 valence electrons. The van der Waals surface area contributed by atoms with E-state index in [1.54, 1.807) is 0 Å². The largest absolute Gasteiger partial charge is 0.330 e. The van der Waals surface area contributed by atoms with E-state index in [-0.39, 0.29) is 0 Å². The summed E-state index contributed by atoms with van der Waals surface area (Å²) in [6, 6.07) is 0. The Morgan fingerprint density at radius 2 is 2.06 bits per heavy atom. The molecule has 4 nitrogen and oxygen atoms in total. The molecular formula is C12H22N4. The summed E-state index contributed by atoms with van der Waals surface area (Å²) in [4.78, 5) is 0. The minimum atomic E-state index is 0.528. The van der Waals surface area contributed by atoms with Gasteiger partial charge >= 0.3 is 0 Å². The molecule has 1 aromatic heterocycles. The van der Waals surface area contributed by atoms with E-state index in [1.807, 2.05) is 6.92 Å². The number of hydrogen-bond donors (Lipinski definition) is 1. The van der Waals surface area contributed by atoms with Gasteiger partial charge in [-0.2, -0.15) is 0 Å². The average molecular weight is 222 g/mol. The van der Waals surface area contributed by atoms with Gasteiger partial charge in [-0.25, -0.2) is 0 Å². The number of aromatic nitrogens is 3. The Kier molecular flexibility index (Phi) is 3.59. The maximum absolute atomic E-state index is 5.87. The molecule has 1 fully saturated rings. The zero-order chi connectivity index (χ0) is 11.5. The molecular weight excluding hydrogens is 200 g/mol. The molecule has 4 heteroatoms. The Labute approximate surface area is 97.2 Å². The first-order chi connectivity index (χ1) is 7.77. The van der Waals surface area contributed by atoms with Gasteiger partial charge in [0, 0.05) is 12.5 Å². The van der Waals surface area contributed by atoms with E-state index in [0.29, 0.717) is 11.8 Å². The van der Waals surface area contributed by atoms with Crippen LogP contribution in [0.5, 0.6) is 0 Å². The summed E-state index contributed by atoms with van der Waals surface area (Å²) in [6.07, 6.45) is 5.09. The summed E-state index contributed by atoms with van der Waals surface area (Å²) in [6.45, 7) is 5.92. The van der Waals surface area contributed by atoms with Crippen molar-refractivity contribution in [3.63, 3.8) is 0 Å². The molecule has 16 heavy (non-hydrogen) atoms. The molecule has 1 aliphatic rings. The van der Waals surface area contributed by atoms with Gasteiger partial charge in [0.05, 0.1) is 0 Å². The van der Waals surface area contributed by atoms with Crippen LogP contribution in [0.3, 0.4) is 0 Å². The Bertz CT molecular complexity index is 345. The highest BCUT2D eigenvalue weighted by Gasteiger charge is 2.29. The Morgan fingerprint density at radius 1 is 1.31 bits per heavy atom. The van der Waals surface area contributed by atoms with Crippen LogP contribution in [0, 0.1) is 12.8 Å². The molecule has 0 spiro atoms. The van der Waals surface area contributed by atoms with Gasteiger partial charge in [0.25, 0.3) is 0 Å². The van der Waals surface area contributed by atoms with Gasteiger partial charge < -0.3 is 10.3 Å². The first-order valence-electron chi connectivity index (χ1n) is 6.37. The second-order valence-corrected chi connectivity index (χ2v) is 4.74. The van der Waals surface area contributed by atoms with Crippen LogP contribution in [0.15, 0.2) is 0 Å². The van der Waals surface area contributed by atoms with Crippen LogP contribution in [-0.2, 0) is 6.54 Å². The molecule has 0 aliphatic heterocycles. The molecule has 2 unspecified atom stereocenters. The lowest BCUT2D eigenvalue weighted by molar-refractivity contribution is 0.297. The first-order valence-corrected chi connectivity index (χ1v) is 6.37. The highest BCUT2D eigenvalue weighted by atomic mass is 15.3. The van der Waals surface area contributed by atoms with Crippen molar-refractivity contribution in [2.24, 2.45) is 11.7 Å². The standard InChI is InChI=1S/C12H22N4/c1-3-16-9(2)14-15-12(16)11-7-5-4-6-10(11)8-13/h10-11H,3-8,13H2,1-2H3. The van der Waals surface area contributed by atoms with Gasteiger partial charge in [-0.15, -0.1) is 10.2 Å². The van der Waals surface area contributed by atoms with E-state index in [4.69, 9.17) is 5.73 Å². The van der Waals surface area contributed by atoms with Crippen molar-refractivity contribution in [1.29, 1.82) is 0 Å². The fourth-order valence-electron chi connectivity index (χ4n) is 2.89. The molecule has 0 amide bonds. The fraction of sp³-hybridized carbons (Fsp3) is 0.833. The lowest BCUT2D eigenvalue weighted by Gasteiger charge is -2.30. The summed E-state index contributed by atoms with van der Waals surface area (Å²) in [5, 5.41) is 8.57. The van der Waals surface area contributed by atoms with Gasteiger partial charge in [-0.3, -0.25) is 0 Å². The summed E-state index contributed by atoms with van der Waals surface area (Å²) in [7, 11) is 0. The van der Waals surface area contributed by atoms with Crippen LogP contribution in [0.1, 0.15) is 50.2 Å². The molecule has 0 saturated heterocycles. The summed E-state index contributed by atoms with van der Waals surface area (Å²) in [5.41, 5.74) is 5.87. The van der Waals surface area contributed by atoms with Gasteiger partial charge in [-0.1, -0.05) is 12.8 Å². The fourth-order valence-corrected chi connectivity index (χ4v) is 2.89. The van der Waals surface area contributed by atoms with Crippen LogP contribution >= 0.6 is 0 Å². The molecule has 1 aromatic rings. The van der Waals surface area contributed by atoms with Crippen molar-refractivity contribution in [1.82, 2.24) is 14.8 Å². The second-order valence-electron chi connectivity index (χ2n) is 4.74. The molecule has 1 aliphatic carbocycles. The molecule has 0 bridgehead atoms. The average Bonchev–Trinajstić information content (AvgIpc) is 2.70. The number of rotatable bonds is 3. The van der Waals surface area contributed by atoms with Crippen LogP contribution in [0.4, 0.5) is 0 Å². The monoisotopic (exact) mass is 222 g/mol. The Balaban J connectivity index is 2.26. The highest BCUT2D eigenvalue weighted by molar-refractivity contribution is 5.04. The normalized spacial score (nSPS) is 25.9. The van der Waals surface area contributed by atoms with Crippen LogP contribution in [0.2, 0.25) is 0 Å². The van der Waals surface area contributed by atoms with E-state index < -0.39 is 0 Å². The first kappa shape index (κ1) is 11.6. The second kappa shape index (κ2) is 4.95. The van der Waals surface area contributed by atoms with E-state index in [9.17, 15) is 0 Å². The van der Waals surface area contributed by atoms with Crippen molar-refractivity contribution in [2.45, 2.75) is 52.0 Å². The lowest BCUT2D eigenvalue weighted by atomic mass is 9.78. The van der Waals surface area contributed by atoms with E-state index in [0.717, 1.165) is 24.7 Å². The predicted octanol–water partition coefficient (Wildman–Crippen LogP) is 1.84. The maximum atomic E-state index is 5.87. The quantitative estimate of drug-likeness (QED) is 0.849. The van der Waals surface area contributed by atoms with E-state index >= 15 is 0 Å². The predicted molar refractivity (Wildman–Crippen MR) is 64.2 cm³/mol. The van der Waals surface area contributed by atoms with Gasteiger partial charge in [0.2, 0.25) is 0 Å². The third kappa shape index (κ3) is 1.98. The van der Waals surface area contributed by atoms with Crippen molar-refractivity contribution in [2.75, 3.05) is 6.54 Å². The third-order valence-corrected chi connectivity index (χ3v) is 3.82. The van der Waals surface area contributed by atoms with Gasteiger partial charge in [0.1, 0.15) is 11.6 Å². The smallest absolute Gasteiger partial charge is 0.136 e. The van der Waals surface area contributed by atoms with Gasteiger partial charge in [0.15, 0.2) is 0 Å². The minimum Gasteiger partial charge on any atom is -0.330 e. The Morgan fingerprint density at radius 3 is 2.75 bits per heavy atom. The lowest BCUT2D eigenvalue weighted by Crippen LogP contribution is -2.27. The van der Waals surface area contributed by atoms with Gasteiger partial charge in [-0.05, 0) is 39.2 Å². The van der Waals surface area contributed by atoms with Crippen molar-refractivity contribution in [3.8, 4) is 0 Å². The molecule has 1 saturated carbocycles. The Hall–Kier alpha value is -0.900. The number of nitrogens with zero attached hydrogens (tertiary/aromatic N) is 3. The summed E-state index contributed by atoms with van der Waals surface area (Å²) in [5.74, 6) is 3.32. The summed E-state index contributed by atoms with van der Waals surface area (Å²) < 4.78 is 2.23. The summed E-state index contributed by atoms with van der Waals surface area (Å²) >= 11 is 0. The SMILES string of the molecule is CCn1c(C)nnc1C1CCCCC1CN. The number of aryl methyl sites for hydroxylation is 1. The number of nitrogens with two attached hydrogens (primary N) is 1. The molecule has 0 aromatic carbocycles. The molecule has 2 rings (SSSR count). The third-order valence-electron chi connectivity index (χ3n) is 3.82. The molecule has 2 N–H and O–H groups in total. The van der Waals surface area contributed by atoms with Crippen molar-refractivity contribution in [3.05, 3.63) is 11.6 Å². The minimum absolute atomic E-state index is 0.528. The maximum Gasteiger partial charge on any atom is 0.136 e. The van der Waals surface area contributed by atoms with Crippen molar-refractivity contribution < 1.29 is 0 Å². The topological polar surface area (TPSA) is 56.7 Å². The zero-order valence-electron chi connectivity index (χ0n) is 10.3. The van der Waals surface area contributed by atoms with Crippen LogP contribution in [0.25, 0.3) is 0 Å². The van der Waals surface area contributed by atoms with Crippen LogP contribution in [-0.4, -0.2) is 21.3 Å². The van der Waals surface area contributed by atoms with Crippen molar-refractivity contribution >= 4 is 0 Å². The zero-order valence-corrected chi connectivity index (χ0v) is 10.3. The molecule has 1 heterocycles. The number of hydrogen-bond acceptors (Lipinski definition) is 3. The van der Waals surface area contributed by atoms with E-state index in [1.165, 1.54) is 25.7 Å². The molecule has 0 radical (unpaired) electrons. The highest BCUT2D eigenvalue weighted by Crippen LogP contribution is 2.36. The molecule has 2 atom stereocenters. The van der Waals surface area contributed by atoms with E-state index in [2.05, 4.69) is 21.7 Å². The van der Waals surface area contributed by atoms with Crippen LogP contribution < -0.4 is 5.73 Å².